The molecule has 0 radical (unpaired) electrons. The number of aliphatic hydroxyl groups is 1. The SMILES string of the molecule is CC(C)(C)C(O)OC1(c2ccccc2)C=CCCC1. The van der Waals surface area contributed by atoms with Crippen molar-refractivity contribution >= 4 is 0 Å². The lowest BCUT2D eigenvalue weighted by Gasteiger charge is -2.39. The van der Waals surface area contributed by atoms with Crippen molar-refractivity contribution in [1.29, 1.82) is 0 Å². The van der Waals surface area contributed by atoms with E-state index < -0.39 is 11.9 Å². The molecule has 0 saturated carbocycles. The Kier molecular flexibility index (Phi) is 4.12. The third-order valence-corrected chi connectivity index (χ3v) is 3.63. The molecule has 2 rings (SSSR count). The Bertz CT molecular complexity index is 430. The molecule has 1 aliphatic carbocycles. The molecule has 0 spiro atoms. The maximum atomic E-state index is 10.3. The second kappa shape index (κ2) is 5.48. The molecule has 0 bridgehead atoms. The van der Waals surface area contributed by atoms with Crippen molar-refractivity contribution in [2.75, 3.05) is 0 Å². The summed E-state index contributed by atoms with van der Waals surface area (Å²) in [5.41, 5.74) is 0.355. The number of ether oxygens (including phenoxy) is 1. The van der Waals surface area contributed by atoms with Crippen LogP contribution in [0.25, 0.3) is 0 Å². The third kappa shape index (κ3) is 3.26. The molecular weight excluding hydrogens is 236 g/mol. The molecular formula is C17H24O2. The van der Waals surface area contributed by atoms with Crippen molar-refractivity contribution < 1.29 is 9.84 Å². The van der Waals surface area contributed by atoms with Crippen molar-refractivity contribution in [1.82, 2.24) is 0 Å². The molecule has 2 heteroatoms. The summed E-state index contributed by atoms with van der Waals surface area (Å²) in [6.07, 6.45) is 6.58. The lowest BCUT2D eigenvalue weighted by atomic mass is 9.83. The summed E-state index contributed by atoms with van der Waals surface area (Å²) in [7, 11) is 0. The smallest absolute Gasteiger partial charge is 0.161 e. The van der Waals surface area contributed by atoms with E-state index in [9.17, 15) is 5.11 Å². The van der Waals surface area contributed by atoms with E-state index in [0.29, 0.717) is 0 Å². The second-order valence-corrected chi connectivity index (χ2v) is 6.39. The first-order valence-electron chi connectivity index (χ1n) is 7.03. The van der Waals surface area contributed by atoms with Gasteiger partial charge in [-0.15, -0.1) is 0 Å². The summed E-state index contributed by atoms with van der Waals surface area (Å²) in [6, 6.07) is 10.2. The number of allylic oxidation sites excluding steroid dienone is 1. The van der Waals surface area contributed by atoms with Crippen molar-refractivity contribution in [3.8, 4) is 0 Å². The van der Waals surface area contributed by atoms with E-state index in [2.05, 4.69) is 24.3 Å². The number of aliphatic hydroxyl groups excluding tert-OH is 1. The third-order valence-electron chi connectivity index (χ3n) is 3.63. The summed E-state index contributed by atoms with van der Waals surface area (Å²) >= 11 is 0. The van der Waals surface area contributed by atoms with Gasteiger partial charge in [0.25, 0.3) is 0 Å². The quantitative estimate of drug-likeness (QED) is 0.657. The van der Waals surface area contributed by atoms with Gasteiger partial charge in [0.2, 0.25) is 0 Å². The van der Waals surface area contributed by atoms with Crippen LogP contribution in [0.2, 0.25) is 0 Å². The molecule has 19 heavy (non-hydrogen) atoms. The lowest BCUT2D eigenvalue weighted by Crippen LogP contribution is -2.39. The van der Waals surface area contributed by atoms with E-state index in [1.165, 1.54) is 0 Å². The van der Waals surface area contributed by atoms with Crippen LogP contribution in [0.1, 0.15) is 45.6 Å². The highest BCUT2D eigenvalue weighted by Gasteiger charge is 2.37. The van der Waals surface area contributed by atoms with E-state index in [-0.39, 0.29) is 5.41 Å². The Morgan fingerprint density at radius 2 is 1.89 bits per heavy atom. The van der Waals surface area contributed by atoms with E-state index in [1.54, 1.807) is 0 Å². The van der Waals surface area contributed by atoms with Crippen molar-refractivity contribution in [2.24, 2.45) is 5.41 Å². The minimum absolute atomic E-state index is 0.285. The van der Waals surface area contributed by atoms with Gasteiger partial charge in [-0.05, 0) is 24.8 Å². The standard InChI is InChI=1S/C17H24O2/c1-16(2,3)15(18)19-17(12-8-5-9-13-17)14-10-6-4-7-11-14/h4,6-8,10-12,15,18H,5,9,13H2,1-3H3. The van der Waals surface area contributed by atoms with Crippen molar-refractivity contribution in [3.05, 3.63) is 48.0 Å². The number of benzene rings is 1. The summed E-state index contributed by atoms with van der Waals surface area (Å²) in [5.74, 6) is 0. The summed E-state index contributed by atoms with van der Waals surface area (Å²) in [5, 5.41) is 10.3. The molecule has 1 aliphatic rings. The Balaban J connectivity index is 2.31. The minimum atomic E-state index is -0.782. The monoisotopic (exact) mass is 260 g/mol. The molecule has 2 atom stereocenters. The highest BCUT2D eigenvalue weighted by Crippen LogP contribution is 2.39. The van der Waals surface area contributed by atoms with Gasteiger partial charge in [-0.1, -0.05) is 63.3 Å². The van der Waals surface area contributed by atoms with E-state index in [0.717, 1.165) is 24.8 Å². The minimum Gasteiger partial charge on any atom is -0.367 e. The fourth-order valence-corrected chi connectivity index (χ4v) is 2.34. The zero-order valence-electron chi connectivity index (χ0n) is 12.1. The van der Waals surface area contributed by atoms with Crippen LogP contribution in [0.4, 0.5) is 0 Å². The Morgan fingerprint density at radius 3 is 2.42 bits per heavy atom. The van der Waals surface area contributed by atoms with Gasteiger partial charge < -0.3 is 9.84 Å². The van der Waals surface area contributed by atoms with Crippen LogP contribution in [0.3, 0.4) is 0 Å². The van der Waals surface area contributed by atoms with Gasteiger partial charge in [0.05, 0.1) is 0 Å². The predicted molar refractivity (Wildman–Crippen MR) is 77.7 cm³/mol. The van der Waals surface area contributed by atoms with Crippen LogP contribution >= 0.6 is 0 Å². The molecule has 1 aromatic carbocycles. The highest BCUT2D eigenvalue weighted by molar-refractivity contribution is 5.29. The first-order valence-corrected chi connectivity index (χ1v) is 7.03. The van der Waals surface area contributed by atoms with Crippen molar-refractivity contribution in [2.45, 2.75) is 51.9 Å². The largest absolute Gasteiger partial charge is 0.367 e. The van der Waals surface area contributed by atoms with E-state index in [1.807, 2.05) is 39.0 Å². The number of hydrogen-bond donors (Lipinski definition) is 1. The van der Waals surface area contributed by atoms with Crippen LogP contribution in [0, 0.1) is 5.41 Å². The summed E-state index contributed by atoms with van der Waals surface area (Å²) in [4.78, 5) is 0. The summed E-state index contributed by atoms with van der Waals surface area (Å²) < 4.78 is 6.10. The van der Waals surface area contributed by atoms with Crippen molar-refractivity contribution in [3.63, 3.8) is 0 Å². The molecule has 0 heterocycles. The maximum absolute atomic E-state index is 10.3. The molecule has 0 aromatic heterocycles. The van der Waals surface area contributed by atoms with Crippen LogP contribution < -0.4 is 0 Å². The van der Waals surface area contributed by atoms with Gasteiger partial charge in [-0.2, -0.15) is 0 Å². The molecule has 2 unspecified atom stereocenters. The topological polar surface area (TPSA) is 29.5 Å². The normalized spacial score (nSPS) is 25.3. The molecule has 0 fully saturated rings. The highest BCUT2D eigenvalue weighted by atomic mass is 16.6. The molecule has 0 aliphatic heterocycles. The molecule has 0 amide bonds. The fourth-order valence-electron chi connectivity index (χ4n) is 2.34. The number of rotatable bonds is 3. The van der Waals surface area contributed by atoms with Gasteiger partial charge >= 0.3 is 0 Å². The average molecular weight is 260 g/mol. The molecule has 1 N–H and O–H groups in total. The molecule has 104 valence electrons. The van der Waals surface area contributed by atoms with E-state index >= 15 is 0 Å². The Morgan fingerprint density at radius 1 is 1.21 bits per heavy atom. The lowest BCUT2D eigenvalue weighted by molar-refractivity contribution is -0.219. The summed E-state index contributed by atoms with van der Waals surface area (Å²) in [6.45, 7) is 5.97. The first-order chi connectivity index (χ1) is 8.94. The van der Waals surface area contributed by atoms with Gasteiger partial charge in [0, 0.05) is 5.41 Å². The van der Waals surface area contributed by atoms with Crippen LogP contribution in [0.15, 0.2) is 42.5 Å². The molecule has 1 aromatic rings. The van der Waals surface area contributed by atoms with Gasteiger partial charge in [-0.3, -0.25) is 0 Å². The van der Waals surface area contributed by atoms with E-state index in [4.69, 9.17) is 4.74 Å². The first kappa shape index (κ1) is 14.3. The van der Waals surface area contributed by atoms with Gasteiger partial charge in [-0.25, -0.2) is 0 Å². The van der Waals surface area contributed by atoms with Crippen LogP contribution in [0.5, 0.6) is 0 Å². The van der Waals surface area contributed by atoms with Crippen LogP contribution in [-0.4, -0.2) is 11.4 Å². The molecule has 0 saturated heterocycles. The maximum Gasteiger partial charge on any atom is 0.161 e. The fraction of sp³-hybridized carbons (Fsp3) is 0.529. The zero-order valence-corrected chi connectivity index (χ0v) is 12.1. The van der Waals surface area contributed by atoms with Gasteiger partial charge in [0.1, 0.15) is 5.60 Å². The Hall–Kier alpha value is -1.12. The number of hydrogen-bond acceptors (Lipinski definition) is 2. The molecule has 2 nitrogen and oxygen atoms in total. The predicted octanol–water partition coefficient (Wildman–Crippen LogP) is 4.00. The average Bonchev–Trinajstić information content (AvgIpc) is 2.40. The van der Waals surface area contributed by atoms with Crippen LogP contribution in [-0.2, 0) is 10.3 Å². The van der Waals surface area contributed by atoms with Gasteiger partial charge in [0.15, 0.2) is 6.29 Å². The zero-order chi connectivity index (χ0) is 13.9. The second-order valence-electron chi connectivity index (χ2n) is 6.39. The Labute approximate surface area is 116 Å².